The van der Waals surface area contributed by atoms with Crippen molar-refractivity contribution in [2.24, 2.45) is 0 Å². The minimum absolute atomic E-state index is 1.19. The summed E-state index contributed by atoms with van der Waals surface area (Å²) in [4.78, 5) is 2.71. The fourth-order valence-electron chi connectivity index (χ4n) is 3.07. The number of nitrogens with one attached hydrogen (secondary N) is 1. The van der Waals surface area contributed by atoms with Crippen LogP contribution in [0.5, 0.6) is 0 Å². The lowest BCUT2D eigenvalue weighted by molar-refractivity contribution is 1.27. The van der Waals surface area contributed by atoms with Crippen LogP contribution < -0.4 is 5.32 Å². The molecular formula is C20H13NS2. The van der Waals surface area contributed by atoms with Gasteiger partial charge in [-0.25, -0.2) is 0 Å². The number of benzene rings is 3. The molecule has 0 amide bonds. The molecule has 23 heavy (non-hydrogen) atoms. The average molecular weight is 331 g/mol. The Hall–Kier alpha value is -2.10. The SMILES string of the molecule is c1ccc2c(c1)Nc1ccccc1C2=C1Sc2ccccc2S1. The van der Waals surface area contributed by atoms with E-state index in [1.165, 1.54) is 42.1 Å². The lowest BCUT2D eigenvalue weighted by Gasteiger charge is -2.25. The number of anilines is 2. The number of rotatable bonds is 0. The van der Waals surface area contributed by atoms with Gasteiger partial charge >= 0.3 is 0 Å². The van der Waals surface area contributed by atoms with Crippen molar-refractivity contribution in [3.63, 3.8) is 0 Å². The van der Waals surface area contributed by atoms with Crippen LogP contribution in [0, 0.1) is 0 Å². The molecule has 0 bridgehead atoms. The first-order chi connectivity index (χ1) is 11.4. The molecule has 110 valence electrons. The van der Waals surface area contributed by atoms with Crippen molar-refractivity contribution in [3.05, 3.63) is 88.2 Å². The summed E-state index contributed by atoms with van der Waals surface area (Å²) < 4.78 is 1.37. The van der Waals surface area contributed by atoms with Gasteiger partial charge < -0.3 is 5.32 Å². The molecule has 2 aliphatic rings. The van der Waals surface area contributed by atoms with E-state index in [9.17, 15) is 0 Å². The Morgan fingerprint density at radius 1 is 0.565 bits per heavy atom. The predicted octanol–water partition coefficient (Wildman–Crippen LogP) is 6.36. The highest BCUT2D eigenvalue weighted by Crippen LogP contribution is 2.56. The number of hydrogen-bond donors (Lipinski definition) is 1. The summed E-state index contributed by atoms with van der Waals surface area (Å²) in [5.74, 6) is 0. The van der Waals surface area contributed by atoms with Crippen molar-refractivity contribution in [3.8, 4) is 0 Å². The second-order valence-electron chi connectivity index (χ2n) is 5.53. The van der Waals surface area contributed by atoms with Gasteiger partial charge in [-0.1, -0.05) is 72.1 Å². The highest BCUT2D eigenvalue weighted by molar-refractivity contribution is 8.25. The van der Waals surface area contributed by atoms with Gasteiger partial charge in [0, 0.05) is 37.9 Å². The Labute approximate surface area is 143 Å². The topological polar surface area (TPSA) is 12.0 Å². The fourth-order valence-corrected chi connectivity index (χ4v) is 5.70. The van der Waals surface area contributed by atoms with Gasteiger partial charge in [-0.2, -0.15) is 0 Å². The lowest BCUT2D eigenvalue weighted by atomic mass is 9.93. The van der Waals surface area contributed by atoms with Gasteiger partial charge in [-0.15, -0.1) is 0 Å². The number of fused-ring (bicyclic) bond motifs is 3. The number of para-hydroxylation sites is 2. The lowest BCUT2D eigenvalue weighted by Crippen LogP contribution is -2.06. The van der Waals surface area contributed by atoms with Crippen molar-refractivity contribution in [1.29, 1.82) is 0 Å². The average Bonchev–Trinajstić information content (AvgIpc) is 3.03. The molecule has 1 nitrogen and oxygen atoms in total. The van der Waals surface area contributed by atoms with Crippen LogP contribution in [0.1, 0.15) is 11.1 Å². The van der Waals surface area contributed by atoms with Crippen molar-refractivity contribution >= 4 is 40.5 Å². The zero-order valence-electron chi connectivity index (χ0n) is 12.2. The molecule has 0 fully saturated rings. The van der Waals surface area contributed by atoms with Crippen LogP contribution >= 0.6 is 23.5 Å². The van der Waals surface area contributed by atoms with Crippen molar-refractivity contribution < 1.29 is 0 Å². The zero-order chi connectivity index (χ0) is 15.2. The van der Waals surface area contributed by atoms with Crippen molar-refractivity contribution in [1.82, 2.24) is 0 Å². The van der Waals surface area contributed by atoms with E-state index in [2.05, 4.69) is 78.1 Å². The van der Waals surface area contributed by atoms with Crippen molar-refractivity contribution in [2.75, 3.05) is 5.32 Å². The van der Waals surface area contributed by atoms with Gasteiger partial charge in [0.05, 0.1) is 4.24 Å². The maximum absolute atomic E-state index is 3.56. The molecule has 0 spiro atoms. The largest absolute Gasteiger partial charge is 0.355 e. The molecule has 0 aliphatic carbocycles. The van der Waals surface area contributed by atoms with E-state index in [1.54, 1.807) is 0 Å². The molecule has 3 aromatic carbocycles. The minimum Gasteiger partial charge on any atom is -0.355 e. The number of thioether (sulfide) groups is 2. The summed E-state index contributed by atoms with van der Waals surface area (Å²) in [6, 6.07) is 25.8. The maximum Gasteiger partial charge on any atom is 0.0585 e. The zero-order valence-corrected chi connectivity index (χ0v) is 13.9. The maximum atomic E-state index is 3.56. The highest BCUT2D eigenvalue weighted by atomic mass is 32.2. The highest BCUT2D eigenvalue weighted by Gasteiger charge is 2.27. The molecule has 3 aromatic rings. The van der Waals surface area contributed by atoms with Crippen LogP contribution in [-0.2, 0) is 0 Å². The predicted molar refractivity (Wildman–Crippen MR) is 100 cm³/mol. The quantitative estimate of drug-likeness (QED) is 0.403. The molecule has 0 saturated carbocycles. The van der Waals surface area contributed by atoms with Crippen LogP contribution in [0.3, 0.4) is 0 Å². The third-order valence-corrected chi connectivity index (χ3v) is 6.68. The Morgan fingerprint density at radius 2 is 1.04 bits per heavy atom. The molecule has 2 aliphatic heterocycles. The molecule has 0 saturated heterocycles. The summed E-state index contributed by atoms with van der Waals surface area (Å²) in [7, 11) is 0. The molecule has 0 atom stereocenters. The molecule has 5 rings (SSSR count). The summed E-state index contributed by atoms with van der Waals surface area (Å²) >= 11 is 3.77. The van der Waals surface area contributed by atoms with E-state index >= 15 is 0 Å². The first-order valence-corrected chi connectivity index (χ1v) is 9.18. The molecule has 0 aromatic heterocycles. The fraction of sp³-hybridized carbons (Fsp3) is 0. The van der Waals surface area contributed by atoms with E-state index < -0.39 is 0 Å². The van der Waals surface area contributed by atoms with Crippen molar-refractivity contribution in [2.45, 2.75) is 9.79 Å². The van der Waals surface area contributed by atoms with E-state index in [0.717, 1.165) is 0 Å². The molecule has 2 heterocycles. The van der Waals surface area contributed by atoms with Crippen LogP contribution in [0.25, 0.3) is 5.57 Å². The minimum atomic E-state index is 1.19. The second-order valence-corrected chi connectivity index (χ2v) is 7.89. The Morgan fingerprint density at radius 3 is 1.61 bits per heavy atom. The molecule has 0 radical (unpaired) electrons. The summed E-state index contributed by atoms with van der Waals surface area (Å²) in [6.07, 6.45) is 0. The van der Waals surface area contributed by atoms with Gasteiger partial charge in [-0.05, 0) is 24.3 Å². The van der Waals surface area contributed by atoms with Crippen LogP contribution in [0.15, 0.2) is 86.8 Å². The van der Waals surface area contributed by atoms with E-state index in [-0.39, 0.29) is 0 Å². The van der Waals surface area contributed by atoms with Crippen LogP contribution in [0.4, 0.5) is 11.4 Å². The summed E-state index contributed by atoms with van der Waals surface area (Å²) in [6.45, 7) is 0. The third-order valence-electron chi connectivity index (χ3n) is 4.12. The first-order valence-electron chi connectivity index (χ1n) is 7.55. The first kappa shape index (κ1) is 13.3. The Balaban J connectivity index is 1.76. The molecule has 3 heteroatoms. The third kappa shape index (κ3) is 2.12. The van der Waals surface area contributed by atoms with Gasteiger partial charge in [0.25, 0.3) is 0 Å². The van der Waals surface area contributed by atoms with E-state index in [4.69, 9.17) is 0 Å². The van der Waals surface area contributed by atoms with E-state index in [0.29, 0.717) is 0 Å². The van der Waals surface area contributed by atoms with Gasteiger partial charge in [0.1, 0.15) is 0 Å². The molecular weight excluding hydrogens is 318 g/mol. The summed E-state index contributed by atoms with van der Waals surface area (Å²) in [5, 5.41) is 3.56. The Kier molecular flexibility index (Phi) is 3.03. The molecule has 1 N–H and O–H groups in total. The van der Waals surface area contributed by atoms with Gasteiger partial charge in [-0.3, -0.25) is 0 Å². The monoisotopic (exact) mass is 331 g/mol. The smallest absolute Gasteiger partial charge is 0.0585 e. The van der Waals surface area contributed by atoms with Gasteiger partial charge in [0.15, 0.2) is 0 Å². The van der Waals surface area contributed by atoms with E-state index in [1.807, 2.05) is 23.5 Å². The second kappa shape index (κ2) is 5.22. The number of hydrogen-bond acceptors (Lipinski definition) is 3. The van der Waals surface area contributed by atoms with Gasteiger partial charge in [0.2, 0.25) is 0 Å². The Bertz CT molecular complexity index is 885. The molecule has 0 unspecified atom stereocenters. The normalized spacial score (nSPS) is 14.8. The van der Waals surface area contributed by atoms with Crippen LogP contribution in [-0.4, -0.2) is 0 Å². The summed E-state index contributed by atoms with van der Waals surface area (Å²) in [5.41, 5.74) is 6.29. The van der Waals surface area contributed by atoms with Crippen LogP contribution in [0.2, 0.25) is 0 Å². The standard InChI is InChI=1S/C20H13NS2/c1-3-9-15-13(7-1)19(14-8-2-4-10-16(14)21-15)20-22-17-11-5-6-12-18(17)23-20/h1-12,21H.